The number of rotatable bonds is 5. The molecule has 0 radical (unpaired) electrons. The summed E-state index contributed by atoms with van der Waals surface area (Å²) >= 11 is 2.20. The van der Waals surface area contributed by atoms with Gasteiger partial charge in [-0.3, -0.25) is 9.59 Å². The molecule has 0 aromatic heterocycles. The first-order valence-corrected chi connectivity index (χ1v) is 8.89. The zero-order chi connectivity index (χ0) is 15.5. The Balaban J connectivity index is 1.39. The van der Waals surface area contributed by atoms with Crippen LogP contribution >= 0.6 is 22.6 Å². The maximum atomic E-state index is 11.9. The van der Waals surface area contributed by atoms with Crippen LogP contribution in [0.25, 0.3) is 0 Å². The van der Waals surface area contributed by atoms with Crippen molar-refractivity contribution in [2.75, 3.05) is 11.9 Å². The molecule has 0 spiro atoms. The lowest BCUT2D eigenvalue weighted by atomic mass is 9.86. The van der Waals surface area contributed by atoms with Gasteiger partial charge in [0.25, 0.3) is 5.91 Å². The van der Waals surface area contributed by atoms with Crippen LogP contribution in [-0.2, 0) is 14.3 Å². The van der Waals surface area contributed by atoms with Crippen LogP contribution in [0.5, 0.6) is 0 Å². The van der Waals surface area contributed by atoms with Crippen LogP contribution in [0.1, 0.15) is 32.1 Å². The molecule has 4 nitrogen and oxygen atoms in total. The number of fused-ring (bicyclic) bond motifs is 2. The van der Waals surface area contributed by atoms with E-state index in [9.17, 15) is 9.59 Å². The predicted molar refractivity (Wildman–Crippen MR) is 92.3 cm³/mol. The molecule has 118 valence electrons. The van der Waals surface area contributed by atoms with Crippen LogP contribution in [0.2, 0.25) is 0 Å². The van der Waals surface area contributed by atoms with E-state index in [0.717, 1.165) is 21.6 Å². The molecule has 2 bridgehead atoms. The number of benzene rings is 1. The fraction of sp³-hybridized carbons (Fsp3) is 0.529. The van der Waals surface area contributed by atoms with Crippen molar-refractivity contribution in [1.29, 1.82) is 0 Å². The standard InChI is InChI=1S/C17H20INO3/c18-14-3-5-15(6-4-14)19-16(20)10-22-17(21)9-13-8-11-1-2-12(13)7-11/h3-6,11-13H,1-2,7-10H2,(H,19,20)/t11-,12-,13+/m0/s1. The van der Waals surface area contributed by atoms with Gasteiger partial charge in [0, 0.05) is 15.7 Å². The molecule has 3 rings (SSSR count). The summed E-state index contributed by atoms with van der Waals surface area (Å²) in [6.45, 7) is -0.203. The van der Waals surface area contributed by atoms with Crippen LogP contribution < -0.4 is 5.32 Å². The minimum absolute atomic E-state index is 0.203. The van der Waals surface area contributed by atoms with Crippen LogP contribution in [-0.4, -0.2) is 18.5 Å². The number of halogens is 1. The van der Waals surface area contributed by atoms with Crippen molar-refractivity contribution in [3.63, 3.8) is 0 Å². The van der Waals surface area contributed by atoms with Crippen molar-refractivity contribution in [3.05, 3.63) is 27.8 Å². The third-order valence-electron chi connectivity index (χ3n) is 4.81. The first kappa shape index (κ1) is 15.8. The molecule has 2 aliphatic carbocycles. The zero-order valence-electron chi connectivity index (χ0n) is 12.4. The predicted octanol–water partition coefficient (Wildman–Crippen LogP) is 3.60. The van der Waals surface area contributed by atoms with E-state index in [1.807, 2.05) is 24.3 Å². The van der Waals surface area contributed by atoms with Crippen molar-refractivity contribution in [3.8, 4) is 0 Å². The van der Waals surface area contributed by atoms with Gasteiger partial charge in [-0.05, 0) is 83.9 Å². The van der Waals surface area contributed by atoms with Gasteiger partial charge in [-0.1, -0.05) is 6.42 Å². The molecule has 2 fully saturated rings. The molecule has 1 aromatic rings. The normalized spacial score (nSPS) is 26.0. The van der Waals surface area contributed by atoms with Gasteiger partial charge in [0.2, 0.25) is 0 Å². The second-order valence-electron chi connectivity index (χ2n) is 6.35. The van der Waals surface area contributed by atoms with Crippen molar-refractivity contribution in [2.24, 2.45) is 17.8 Å². The number of carbonyl (C=O) groups excluding carboxylic acids is 2. The van der Waals surface area contributed by atoms with E-state index in [0.29, 0.717) is 18.3 Å². The van der Waals surface area contributed by atoms with Crippen molar-refractivity contribution >= 4 is 40.2 Å². The highest BCUT2D eigenvalue weighted by Gasteiger charge is 2.40. The van der Waals surface area contributed by atoms with Crippen molar-refractivity contribution in [2.45, 2.75) is 32.1 Å². The fourth-order valence-corrected chi connectivity index (χ4v) is 4.14. The van der Waals surface area contributed by atoms with Gasteiger partial charge in [0.1, 0.15) is 0 Å². The van der Waals surface area contributed by atoms with Gasteiger partial charge < -0.3 is 10.1 Å². The van der Waals surface area contributed by atoms with Crippen LogP contribution in [0.15, 0.2) is 24.3 Å². The number of anilines is 1. The van der Waals surface area contributed by atoms with E-state index in [2.05, 4.69) is 27.9 Å². The lowest BCUT2D eigenvalue weighted by molar-refractivity contribution is -0.148. The highest BCUT2D eigenvalue weighted by atomic mass is 127. The summed E-state index contributed by atoms with van der Waals surface area (Å²) in [5.41, 5.74) is 0.717. The third-order valence-corrected chi connectivity index (χ3v) is 5.52. The number of amides is 1. The molecule has 1 amide bonds. The number of hydrogen-bond donors (Lipinski definition) is 1. The van der Waals surface area contributed by atoms with E-state index in [1.165, 1.54) is 19.3 Å². The average molecular weight is 413 g/mol. The lowest BCUT2D eigenvalue weighted by Gasteiger charge is -2.20. The Hall–Kier alpha value is -1.11. The van der Waals surface area contributed by atoms with Gasteiger partial charge in [-0.2, -0.15) is 0 Å². The number of nitrogens with one attached hydrogen (secondary N) is 1. The SMILES string of the molecule is O=C(COC(=O)C[C@H]1C[C@H]2CC[C@H]1C2)Nc1ccc(I)cc1. The van der Waals surface area contributed by atoms with Gasteiger partial charge in [-0.15, -0.1) is 0 Å². The monoisotopic (exact) mass is 413 g/mol. The Labute approximate surface area is 144 Å². The van der Waals surface area contributed by atoms with Crippen molar-refractivity contribution in [1.82, 2.24) is 0 Å². The molecule has 0 aliphatic heterocycles. The first-order valence-electron chi connectivity index (χ1n) is 7.81. The quantitative estimate of drug-likeness (QED) is 0.593. The first-order chi connectivity index (χ1) is 10.6. The van der Waals surface area contributed by atoms with Crippen LogP contribution in [0.4, 0.5) is 5.69 Å². The number of carbonyl (C=O) groups is 2. The van der Waals surface area contributed by atoms with E-state index in [-0.39, 0.29) is 18.5 Å². The molecular formula is C17H20INO3. The summed E-state index contributed by atoms with van der Waals surface area (Å²) in [5.74, 6) is 1.48. The van der Waals surface area contributed by atoms with E-state index in [1.54, 1.807) is 0 Å². The molecule has 2 aliphatic rings. The Morgan fingerprint density at radius 2 is 1.95 bits per heavy atom. The average Bonchev–Trinajstić information content (AvgIpc) is 3.10. The minimum Gasteiger partial charge on any atom is -0.456 e. The van der Waals surface area contributed by atoms with E-state index in [4.69, 9.17) is 4.74 Å². The second-order valence-corrected chi connectivity index (χ2v) is 7.60. The minimum atomic E-state index is -0.289. The molecule has 1 aromatic carbocycles. The number of ether oxygens (including phenoxy) is 1. The van der Waals surface area contributed by atoms with Crippen LogP contribution in [0, 0.1) is 21.3 Å². The summed E-state index contributed by atoms with van der Waals surface area (Å²) in [6.07, 6.45) is 5.50. The molecule has 0 heterocycles. The Morgan fingerprint density at radius 1 is 1.18 bits per heavy atom. The molecule has 5 heteroatoms. The highest BCUT2D eigenvalue weighted by Crippen LogP contribution is 2.49. The summed E-state index contributed by atoms with van der Waals surface area (Å²) in [4.78, 5) is 23.7. The van der Waals surface area contributed by atoms with Crippen LogP contribution in [0.3, 0.4) is 0 Å². The summed E-state index contributed by atoms with van der Waals surface area (Å²) in [5, 5.41) is 2.73. The molecule has 22 heavy (non-hydrogen) atoms. The van der Waals surface area contributed by atoms with Gasteiger partial charge in [-0.25, -0.2) is 0 Å². The molecule has 3 atom stereocenters. The van der Waals surface area contributed by atoms with Gasteiger partial charge in [0.15, 0.2) is 6.61 Å². The van der Waals surface area contributed by atoms with Gasteiger partial charge >= 0.3 is 5.97 Å². The molecular weight excluding hydrogens is 393 g/mol. The molecule has 2 saturated carbocycles. The Kier molecular flexibility index (Phi) is 5.00. The van der Waals surface area contributed by atoms with Crippen molar-refractivity contribution < 1.29 is 14.3 Å². The topological polar surface area (TPSA) is 55.4 Å². The lowest BCUT2D eigenvalue weighted by Crippen LogP contribution is -2.23. The van der Waals surface area contributed by atoms with Gasteiger partial charge in [0.05, 0.1) is 0 Å². The Bertz CT molecular complexity index is 558. The molecule has 0 saturated heterocycles. The number of esters is 1. The number of hydrogen-bond acceptors (Lipinski definition) is 3. The van der Waals surface area contributed by atoms with E-state index >= 15 is 0 Å². The summed E-state index contributed by atoms with van der Waals surface area (Å²) < 4.78 is 6.22. The smallest absolute Gasteiger partial charge is 0.306 e. The fourth-order valence-electron chi connectivity index (χ4n) is 3.78. The zero-order valence-corrected chi connectivity index (χ0v) is 14.5. The summed E-state index contributed by atoms with van der Waals surface area (Å²) in [6, 6.07) is 7.49. The molecule has 1 N–H and O–H groups in total. The largest absolute Gasteiger partial charge is 0.456 e. The summed E-state index contributed by atoms with van der Waals surface area (Å²) in [7, 11) is 0. The highest BCUT2D eigenvalue weighted by molar-refractivity contribution is 14.1. The maximum absolute atomic E-state index is 11.9. The Morgan fingerprint density at radius 3 is 2.59 bits per heavy atom. The third kappa shape index (κ3) is 4.00. The molecule has 0 unspecified atom stereocenters. The maximum Gasteiger partial charge on any atom is 0.306 e. The second kappa shape index (κ2) is 6.98. The van der Waals surface area contributed by atoms with E-state index < -0.39 is 0 Å².